The standard InChI is InChI=1S/C12H9BrClN3/c13-10-5-9(6-11(14)8-10)7-12-16-2-4-17(12)3-1-15/h2,4-6,8H,3,7H2. The van der Waals surface area contributed by atoms with Crippen LogP contribution in [0, 0.1) is 11.3 Å². The molecule has 0 spiro atoms. The molecule has 0 saturated carbocycles. The molecule has 0 amide bonds. The quantitative estimate of drug-likeness (QED) is 0.871. The van der Waals surface area contributed by atoms with Gasteiger partial charge in [-0.2, -0.15) is 5.26 Å². The van der Waals surface area contributed by atoms with Gasteiger partial charge in [0.15, 0.2) is 0 Å². The first-order valence-corrected chi connectivity index (χ1v) is 6.18. The van der Waals surface area contributed by atoms with Crippen molar-refractivity contribution in [2.45, 2.75) is 13.0 Å². The maximum atomic E-state index is 8.69. The first-order valence-electron chi connectivity index (χ1n) is 5.01. The van der Waals surface area contributed by atoms with Gasteiger partial charge in [0.05, 0.1) is 6.07 Å². The number of halogens is 2. The molecule has 0 aliphatic carbocycles. The molecule has 17 heavy (non-hydrogen) atoms. The molecular weight excluding hydrogens is 302 g/mol. The van der Waals surface area contributed by atoms with E-state index in [1.807, 2.05) is 22.8 Å². The van der Waals surface area contributed by atoms with Crippen molar-refractivity contribution < 1.29 is 0 Å². The predicted molar refractivity (Wildman–Crippen MR) is 69.8 cm³/mol. The Morgan fingerprint density at radius 3 is 2.94 bits per heavy atom. The molecule has 0 bridgehead atoms. The molecule has 1 aromatic heterocycles. The largest absolute Gasteiger partial charge is 0.321 e. The summed E-state index contributed by atoms with van der Waals surface area (Å²) in [6.45, 7) is 0.317. The van der Waals surface area contributed by atoms with Gasteiger partial charge in [0.1, 0.15) is 12.4 Å². The van der Waals surface area contributed by atoms with Crippen molar-refractivity contribution in [3.63, 3.8) is 0 Å². The first kappa shape index (κ1) is 12.2. The predicted octanol–water partition coefficient (Wildman–Crippen LogP) is 3.41. The number of benzene rings is 1. The Balaban J connectivity index is 2.25. The van der Waals surface area contributed by atoms with Crippen LogP contribution in [0.5, 0.6) is 0 Å². The highest BCUT2D eigenvalue weighted by Gasteiger charge is 2.05. The zero-order valence-electron chi connectivity index (χ0n) is 8.90. The van der Waals surface area contributed by atoms with Gasteiger partial charge in [-0.25, -0.2) is 4.98 Å². The van der Waals surface area contributed by atoms with Gasteiger partial charge < -0.3 is 4.57 Å². The number of hydrogen-bond donors (Lipinski definition) is 0. The Morgan fingerprint density at radius 2 is 2.24 bits per heavy atom. The van der Waals surface area contributed by atoms with E-state index in [2.05, 4.69) is 27.0 Å². The topological polar surface area (TPSA) is 41.6 Å². The fraction of sp³-hybridized carbons (Fsp3) is 0.167. The van der Waals surface area contributed by atoms with E-state index in [-0.39, 0.29) is 0 Å². The summed E-state index contributed by atoms with van der Waals surface area (Å²) in [6, 6.07) is 7.84. The number of aromatic nitrogens is 2. The summed E-state index contributed by atoms with van der Waals surface area (Å²) < 4.78 is 2.77. The summed E-state index contributed by atoms with van der Waals surface area (Å²) in [4.78, 5) is 4.24. The average molecular weight is 311 g/mol. The molecule has 0 saturated heterocycles. The van der Waals surface area contributed by atoms with E-state index in [4.69, 9.17) is 16.9 Å². The van der Waals surface area contributed by atoms with Gasteiger partial charge in [-0.3, -0.25) is 0 Å². The van der Waals surface area contributed by atoms with Crippen LogP contribution in [0.2, 0.25) is 5.02 Å². The van der Waals surface area contributed by atoms with E-state index in [9.17, 15) is 0 Å². The van der Waals surface area contributed by atoms with Crippen molar-refractivity contribution >= 4 is 27.5 Å². The lowest BCUT2D eigenvalue weighted by molar-refractivity contribution is 0.764. The van der Waals surface area contributed by atoms with E-state index >= 15 is 0 Å². The molecule has 0 N–H and O–H groups in total. The second-order valence-electron chi connectivity index (χ2n) is 3.58. The summed E-state index contributed by atoms with van der Waals surface area (Å²) in [5.74, 6) is 0.862. The molecule has 86 valence electrons. The monoisotopic (exact) mass is 309 g/mol. The minimum absolute atomic E-state index is 0.317. The van der Waals surface area contributed by atoms with Gasteiger partial charge in [0.2, 0.25) is 0 Å². The maximum Gasteiger partial charge on any atom is 0.113 e. The van der Waals surface area contributed by atoms with Crippen LogP contribution in [-0.4, -0.2) is 9.55 Å². The molecular formula is C12H9BrClN3. The van der Waals surface area contributed by atoms with E-state index in [0.29, 0.717) is 18.0 Å². The van der Waals surface area contributed by atoms with Crippen molar-refractivity contribution in [2.75, 3.05) is 0 Å². The number of nitriles is 1. The van der Waals surface area contributed by atoms with Crippen LogP contribution in [-0.2, 0) is 13.0 Å². The molecule has 0 fully saturated rings. The molecule has 0 aliphatic rings. The minimum atomic E-state index is 0.317. The summed E-state index contributed by atoms with van der Waals surface area (Å²) in [5.41, 5.74) is 1.06. The minimum Gasteiger partial charge on any atom is -0.321 e. The normalized spacial score (nSPS) is 10.2. The second-order valence-corrected chi connectivity index (χ2v) is 4.94. The van der Waals surface area contributed by atoms with Gasteiger partial charge in [0.25, 0.3) is 0 Å². The van der Waals surface area contributed by atoms with Crippen LogP contribution in [0.15, 0.2) is 35.1 Å². The highest BCUT2D eigenvalue weighted by molar-refractivity contribution is 9.10. The van der Waals surface area contributed by atoms with Crippen molar-refractivity contribution in [3.05, 3.63) is 51.5 Å². The maximum absolute atomic E-state index is 8.69. The molecule has 0 radical (unpaired) electrons. The zero-order chi connectivity index (χ0) is 12.3. The Bertz CT molecular complexity index is 551. The zero-order valence-corrected chi connectivity index (χ0v) is 11.2. The van der Waals surface area contributed by atoms with Crippen molar-refractivity contribution in [2.24, 2.45) is 0 Å². The third-order valence-corrected chi connectivity index (χ3v) is 3.00. The fourth-order valence-electron chi connectivity index (χ4n) is 1.62. The van der Waals surface area contributed by atoms with Crippen molar-refractivity contribution in [1.29, 1.82) is 5.26 Å². The lowest BCUT2D eigenvalue weighted by atomic mass is 10.1. The van der Waals surface area contributed by atoms with Crippen molar-refractivity contribution in [1.82, 2.24) is 9.55 Å². The van der Waals surface area contributed by atoms with E-state index in [1.54, 1.807) is 12.4 Å². The SMILES string of the molecule is N#CCn1ccnc1Cc1cc(Cl)cc(Br)c1. The molecule has 3 nitrogen and oxygen atoms in total. The lowest BCUT2D eigenvalue weighted by Crippen LogP contribution is -2.02. The van der Waals surface area contributed by atoms with Gasteiger partial charge in [-0.05, 0) is 23.8 Å². The van der Waals surface area contributed by atoms with Gasteiger partial charge in [-0.1, -0.05) is 27.5 Å². The highest BCUT2D eigenvalue weighted by Crippen LogP contribution is 2.21. The van der Waals surface area contributed by atoms with Crippen LogP contribution in [0.1, 0.15) is 11.4 Å². The van der Waals surface area contributed by atoms with Crippen LogP contribution in [0.3, 0.4) is 0 Å². The van der Waals surface area contributed by atoms with Crippen LogP contribution >= 0.6 is 27.5 Å². The first-order chi connectivity index (χ1) is 8.19. The number of hydrogen-bond acceptors (Lipinski definition) is 2. The molecule has 0 unspecified atom stereocenters. The summed E-state index contributed by atoms with van der Waals surface area (Å²) >= 11 is 9.38. The third-order valence-electron chi connectivity index (χ3n) is 2.33. The lowest BCUT2D eigenvalue weighted by Gasteiger charge is -2.05. The van der Waals surface area contributed by atoms with Gasteiger partial charge in [0, 0.05) is 28.3 Å². The number of rotatable bonds is 3. The third kappa shape index (κ3) is 3.09. The molecule has 0 aliphatic heterocycles. The molecule has 2 rings (SSSR count). The van der Waals surface area contributed by atoms with Gasteiger partial charge in [-0.15, -0.1) is 0 Å². The second kappa shape index (κ2) is 5.35. The summed E-state index contributed by atoms with van der Waals surface area (Å²) in [6.07, 6.45) is 4.16. The Labute approximate surface area is 113 Å². The molecule has 5 heteroatoms. The summed E-state index contributed by atoms with van der Waals surface area (Å²) in [5, 5.41) is 9.38. The Morgan fingerprint density at radius 1 is 1.41 bits per heavy atom. The smallest absolute Gasteiger partial charge is 0.113 e. The molecule has 0 atom stereocenters. The van der Waals surface area contributed by atoms with Crippen LogP contribution in [0.25, 0.3) is 0 Å². The van der Waals surface area contributed by atoms with Crippen LogP contribution in [0.4, 0.5) is 0 Å². The average Bonchev–Trinajstić information content (AvgIpc) is 2.65. The highest BCUT2D eigenvalue weighted by atomic mass is 79.9. The Hall–Kier alpha value is -1.31. The van der Waals surface area contributed by atoms with Gasteiger partial charge >= 0.3 is 0 Å². The van der Waals surface area contributed by atoms with E-state index in [1.165, 1.54) is 0 Å². The molecule has 2 aromatic rings. The van der Waals surface area contributed by atoms with E-state index in [0.717, 1.165) is 15.9 Å². The summed E-state index contributed by atoms with van der Waals surface area (Å²) in [7, 11) is 0. The Kier molecular flexibility index (Phi) is 3.82. The van der Waals surface area contributed by atoms with Crippen molar-refractivity contribution in [3.8, 4) is 6.07 Å². The fourth-order valence-corrected chi connectivity index (χ4v) is 2.55. The number of nitrogens with zero attached hydrogens (tertiary/aromatic N) is 3. The molecule has 1 aromatic carbocycles. The number of imidazole rings is 1. The van der Waals surface area contributed by atoms with E-state index < -0.39 is 0 Å². The van der Waals surface area contributed by atoms with Crippen LogP contribution < -0.4 is 0 Å². The molecule has 1 heterocycles.